The second kappa shape index (κ2) is 8.70. The first-order valence-corrected chi connectivity index (χ1v) is 9.37. The summed E-state index contributed by atoms with van der Waals surface area (Å²) in [4.78, 5) is 18.9. The number of amides is 1. The molecule has 26 heavy (non-hydrogen) atoms. The molecule has 5 nitrogen and oxygen atoms in total. The number of likely N-dealkylation sites (tertiary alicyclic amines) is 1. The van der Waals surface area contributed by atoms with Gasteiger partial charge in [-0.25, -0.2) is 9.78 Å². The zero-order chi connectivity index (χ0) is 18.4. The molecular formula is C21H27N3O2. The van der Waals surface area contributed by atoms with Crippen LogP contribution in [0, 0.1) is 0 Å². The summed E-state index contributed by atoms with van der Waals surface area (Å²) in [7, 11) is 0. The molecule has 2 aromatic rings. The molecule has 1 aliphatic heterocycles. The Morgan fingerprint density at radius 3 is 2.81 bits per heavy atom. The highest BCUT2D eigenvalue weighted by Gasteiger charge is 2.31. The Bertz CT molecular complexity index is 703. The molecule has 5 heteroatoms. The van der Waals surface area contributed by atoms with Crippen molar-refractivity contribution < 1.29 is 9.53 Å². The molecule has 1 fully saturated rings. The van der Waals surface area contributed by atoms with E-state index >= 15 is 0 Å². The molecule has 2 atom stereocenters. The van der Waals surface area contributed by atoms with Gasteiger partial charge in [-0.1, -0.05) is 43.3 Å². The zero-order valence-electron chi connectivity index (χ0n) is 15.5. The molecule has 1 N–H and O–H groups in total. The lowest BCUT2D eigenvalue weighted by molar-refractivity contribution is 0.0920. The van der Waals surface area contributed by atoms with Gasteiger partial charge in [0.25, 0.3) is 0 Å². The van der Waals surface area contributed by atoms with E-state index in [1.165, 1.54) is 0 Å². The van der Waals surface area contributed by atoms with E-state index in [-0.39, 0.29) is 12.1 Å². The average Bonchev–Trinajstić information content (AvgIpc) is 3.17. The van der Waals surface area contributed by atoms with E-state index in [1.54, 1.807) is 0 Å². The minimum absolute atomic E-state index is 0.0448. The van der Waals surface area contributed by atoms with E-state index in [1.807, 2.05) is 47.5 Å². The second-order valence-electron chi connectivity index (χ2n) is 6.82. The van der Waals surface area contributed by atoms with Crippen molar-refractivity contribution in [2.75, 3.05) is 11.9 Å². The second-order valence-corrected chi connectivity index (χ2v) is 6.82. The van der Waals surface area contributed by atoms with Crippen LogP contribution in [0.15, 0.2) is 48.7 Å². The van der Waals surface area contributed by atoms with E-state index < -0.39 is 0 Å². The summed E-state index contributed by atoms with van der Waals surface area (Å²) in [6, 6.07) is 14.3. The fourth-order valence-electron chi connectivity index (χ4n) is 3.18. The highest BCUT2D eigenvalue weighted by Crippen LogP contribution is 2.32. The van der Waals surface area contributed by atoms with Gasteiger partial charge in [0.1, 0.15) is 12.4 Å². The molecule has 0 aliphatic carbocycles. The maximum Gasteiger partial charge on any atom is 0.410 e. The molecule has 1 aromatic carbocycles. The van der Waals surface area contributed by atoms with Crippen molar-refractivity contribution in [2.24, 2.45) is 0 Å². The first kappa shape index (κ1) is 18.2. The Morgan fingerprint density at radius 2 is 2.12 bits per heavy atom. The number of anilines is 1. The lowest BCUT2D eigenvalue weighted by Crippen LogP contribution is -2.31. The minimum Gasteiger partial charge on any atom is -0.445 e. The maximum absolute atomic E-state index is 12.5. The molecule has 0 bridgehead atoms. The van der Waals surface area contributed by atoms with Crippen LogP contribution in [-0.2, 0) is 11.3 Å². The average molecular weight is 353 g/mol. The third-order valence-corrected chi connectivity index (χ3v) is 4.87. The van der Waals surface area contributed by atoms with Crippen LogP contribution in [-0.4, -0.2) is 28.6 Å². The van der Waals surface area contributed by atoms with Crippen LogP contribution in [0.1, 0.15) is 50.3 Å². The molecule has 0 saturated carbocycles. The number of nitrogens with zero attached hydrogens (tertiary/aromatic N) is 2. The molecular weight excluding hydrogens is 326 g/mol. The van der Waals surface area contributed by atoms with Crippen molar-refractivity contribution in [3.8, 4) is 0 Å². The number of hydrogen-bond donors (Lipinski definition) is 1. The first-order valence-electron chi connectivity index (χ1n) is 9.37. The van der Waals surface area contributed by atoms with Gasteiger partial charge in [-0.05, 0) is 43.4 Å². The van der Waals surface area contributed by atoms with Crippen molar-refractivity contribution in [2.45, 2.75) is 51.8 Å². The quantitative estimate of drug-likeness (QED) is 0.813. The number of carbonyl (C=O) groups is 1. The van der Waals surface area contributed by atoms with Gasteiger partial charge in [-0.3, -0.25) is 0 Å². The maximum atomic E-state index is 12.5. The SMILES string of the molecule is CC[C@@H](C)Nc1ccc([C@@H]2CCCN2C(=O)OCc2ccccc2)cn1. The lowest BCUT2D eigenvalue weighted by Gasteiger charge is -2.24. The molecule has 2 heterocycles. The Kier molecular flexibility index (Phi) is 6.10. The van der Waals surface area contributed by atoms with Crippen molar-refractivity contribution in [1.82, 2.24) is 9.88 Å². The molecule has 1 saturated heterocycles. The van der Waals surface area contributed by atoms with Gasteiger partial charge in [-0.2, -0.15) is 0 Å². The van der Waals surface area contributed by atoms with E-state index in [4.69, 9.17) is 4.74 Å². The highest BCUT2D eigenvalue weighted by atomic mass is 16.6. The minimum atomic E-state index is -0.252. The summed E-state index contributed by atoms with van der Waals surface area (Å²) >= 11 is 0. The van der Waals surface area contributed by atoms with Crippen LogP contribution in [0.2, 0.25) is 0 Å². The molecule has 0 unspecified atom stereocenters. The van der Waals surface area contributed by atoms with Gasteiger partial charge in [0.05, 0.1) is 6.04 Å². The van der Waals surface area contributed by atoms with Gasteiger partial charge in [0.2, 0.25) is 0 Å². The molecule has 0 spiro atoms. The summed E-state index contributed by atoms with van der Waals surface area (Å²) < 4.78 is 5.51. The van der Waals surface area contributed by atoms with Gasteiger partial charge < -0.3 is 15.0 Å². The third kappa shape index (κ3) is 4.54. The van der Waals surface area contributed by atoms with Crippen molar-refractivity contribution in [1.29, 1.82) is 0 Å². The van der Waals surface area contributed by atoms with Gasteiger partial charge in [0.15, 0.2) is 0 Å². The molecule has 1 amide bonds. The fraction of sp³-hybridized carbons (Fsp3) is 0.429. The molecule has 138 valence electrons. The van der Waals surface area contributed by atoms with Crippen LogP contribution in [0.4, 0.5) is 10.6 Å². The third-order valence-electron chi connectivity index (χ3n) is 4.87. The van der Waals surface area contributed by atoms with Crippen LogP contribution in [0.25, 0.3) is 0 Å². The number of nitrogens with one attached hydrogen (secondary N) is 1. The monoisotopic (exact) mass is 353 g/mol. The largest absolute Gasteiger partial charge is 0.445 e. The Hall–Kier alpha value is -2.56. The van der Waals surface area contributed by atoms with Crippen molar-refractivity contribution in [3.63, 3.8) is 0 Å². The number of hydrogen-bond acceptors (Lipinski definition) is 4. The highest BCUT2D eigenvalue weighted by molar-refractivity contribution is 5.68. The summed E-state index contributed by atoms with van der Waals surface area (Å²) in [5, 5.41) is 3.37. The van der Waals surface area contributed by atoms with E-state index in [2.05, 4.69) is 30.2 Å². The van der Waals surface area contributed by atoms with Crippen LogP contribution in [0.5, 0.6) is 0 Å². The normalized spacial score (nSPS) is 17.8. The predicted octanol–water partition coefficient (Wildman–Crippen LogP) is 4.77. The molecule has 1 aliphatic rings. The standard InChI is InChI=1S/C21H27N3O2/c1-3-16(2)23-20-12-11-18(14-22-20)19-10-7-13-24(19)21(25)26-15-17-8-5-4-6-9-17/h4-6,8-9,11-12,14,16,19H,3,7,10,13,15H2,1-2H3,(H,22,23)/t16-,19+/m1/s1. The number of pyridine rings is 1. The number of aromatic nitrogens is 1. The van der Waals surface area contributed by atoms with Gasteiger partial charge in [-0.15, -0.1) is 0 Å². The summed E-state index contributed by atoms with van der Waals surface area (Å²) in [6.07, 6.45) is 4.60. The summed E-state index contributed by atoms with van der Waals surface area (Å²) in [6.45, 7) is 5.31. The van der Waals surface area contributed by atoms with Gasteiger partial charge >= 0.3 is 6.09 Å². The Balaban J connectivity index is 1.61. The summed E-state index contributed by atoms with van der Waals surface area (Å²) in [5.41, 5.74) is 2.06. The summed E-state index contributed by atoms with van der Waals surface area (Å²) in [5.74, 6) is 0.874. The molecule has 3 rings (SSSR count). The lowest BCUT2D eigenvalue weighted by atomic mass is 10.1. The fourth-order valence-corrected chi connectivity index (χ4v) is 3.18. The van der Waals surface area contributed by atoms with Crippen molar-refractivity contribution >= 4 is 11.9 Å². The van der Waals surface area contributed by atoms with Crippen LogP contribution in [0.3, 0.4) is 0 Å². The van der Waals surface area contributed by atoms with Crippen LogP contribution < -0.4 is 5.32 Å². The number of benzene rings is 1. The number of ether oxygens (including phenoxy) is 1. The number of rotatable bonds is 6. The predicted molar refractivity (Wildman–Crippen MR) is 103 cm³/mol. The topological polar surface area (TPSA) is 54.5 Å². The van der Waals surface area contributed by atoms with E-state index in [0.717, 1.165) is 42.8 Å². The number of carbonyl (C=O) groups excluding carboxylic acids is 1. The van der Waals surface area contributed by atoms with E-state index in [9.17, 15) is 4.79 Å². The zero-order valence-corrected chi connectivity index (χ0v) is 15.5. The Labute approximate surface area is 155 Å². The molecule has 1 aromatic heterocycles. The molecule has 0 radical (unpaired) electrons. The van der Waals surface area contributed by atoms with Crippen LogP contribution >= 0.6 is 0 Å². The first-order chi connectivity index (χ1) is 12.7. The van der Waals surface area contributed by atoms with Crippen molar-refractivity contribution in [3.05, 3.63) is 59.8 Å². The Morgan fingerprint density at radius 1 is 1.31 bits per heavy atom. The van der Waals surface area contributed by atoms with E-state index in [0.29, 0.717) is 12.6 Å². The van der Waals surface area contributed by atoms with Gasteiger partial charge in [0, 0.05) is 18.8 Å². The smallest absolute Gasteiger partial charge is 0.410 e.